The predicted octanol–water partition coefficient (Wildman–Crippen LogP) is 20.1. The number of ether oxygens (including phenoxy) is 3. The zero-order chi connectivity index (χ0) is 48.6. The van der Waals surface area contributed by atoms with Gasteiger partial charge in [-0.05, 0) is 44.9 Å². The van der Waals surface area contributed by atoms with Crippen LogP contribution < -0.4 is 0 Å². The van der Waals surface area contributed by atoms with E-state index in [-0.39, 0.29) is 31.1 Å². The third-order valence-corrected chi connectivity index (χ3v) is 13.8. The van der Waals surface area contributed by atoms with Crippen LogP contribution in [0.4, 0.5) is 0 Å². The predicted molar refractivity (Wildman–Crippen MR) is 289 cm³/mol. The van der Waals surface area contributed by atoms with Crippen molar-refractivity contribution in [1.29, 1.82) is 0 Å². The average Bonchev–Trinajstić information content (AvgIpc) is 3.33. The van der Waals surface area contributed by atoms with Crippen LogP contribution in [-0.4, -0.2) is 37.2 Å². The summed E-state index contributed by atoms with van der Waals surface area (Å²) in [4.78, 5) is 38.1. The maximum absolute atomic E-state index is 12.8. The molecule has 6 heteroatoms. The second kappa shape index (κ2) is 56.7. The van der Waals surface area contributed by atoms with Crippen molar-refractivity contribution in [3.63, 3.8) is 0 Å². The lowest BCUT2D eigenvalue weighted by Gasteiger charge is -2.18. The van der Waals surface area contributed by atoms with Crippen molar-refractivity contribution in [2.45, 2.75) is 348 Å². The summed E-state index contributed by atoms with van der Waals surface area (Å²) < 4.78 is 16.9. The summed E-state index contributed by atoms with van der Waals surface area (Å²) >= 11 is 0. The highest BCUT2D eigenvalue weighted by atomic mass is 16.6. The van der Waals surface area contributed by atoms with Gasteiger partial charge in [-0.25, -0.2) is 0 Å². The molecule has 67 heavy (non-hydrogen) atoms. The number of hydrogen-bond donors (Lipinski definition) is 0. The molecular formula is C61H116O6. The summed E-state index contributed by atoms with van der Waals surface area (Å²) in [5.41, 5.74) is 0. The van der Waals surface area contributed by atoms with Crippen molar-refractivity contribution in [2.75, 3.05) is 13.2 Å². The van der Waals surface area contributed by atoms with Gasteiger partial charge in [0, 0.05) is 19.3 Å². The van der Waals surface area contributed by atoms with Gasteiger partial charge in [-0.1, -0.05) is 290 Å². The number of unbranched alkanes of at least 4 members (excludes halogenated alkanes) is 43. The van der Waals surface area contributed by atoms with E-state index >= 15 is 0 Å². The van der Waals surface area contributed by atoms with Crippen LogP contribution in [-0.2, 0) is 28.6 Å². The van der Waals surface area contributed by atoms with Gasteiger partial charge in [0.25, 0.3) is 0 Å². The third kappa shape index (κ3) is 55.0. The van der Waals surface area contributed by atoms with Gasteiger partial charge in [0.2, 0.25) is 0 Å². The van der Waals surface area contributed by atoms with Crippen molar-refractivity contribution >= 4 is 17.9 Å². The van der Waals surface area contributed by atoms with Gasteiger partial charge in [0.15, 0.2) is 6.10 Å². The fourth-order valence-electron chi connectivity index (χ4n) is 9.21. The maximum Gasteiger partial charge on any atom is 0.306 e. The van der Waals surface area contributed by atoms with Gasteiger partial charge in [-0.15, -0.1) is 0 Å². The number of allylic oxidation sites excluding steroid dienone is 2. The Hall–Kier alpha value is -1.85. The van der Waals surface area contributed by atoms with Crippen LogP contribution in [0.15, 0.2) is 12.2 Å². The van der Waals surface area contributed by atoms with E-state index in [0.29, 0.717) is 19.3 Å². The zero-order valence-corrected chi connectivity index (χ0v) is 45.5. The van der Waals surface area contributed by atoms with E-state index in [1.807, 2.05) is 0 Å². The van der Waals surface area contributed by atoms with E-state index in [4.69, 9.17) is 14.2 Å². The zero-order valence-electron chi connectivity index (χ0n) is 45.5. The number of carbonyl (C=O) groups excluding carboxylic acids is 3. The van der Waals surface area contributed by atoms with Crippen molar-refractivity contribution < 1.29 is 28.6 Å². The van der Waals surface area contributed by atoms with E-state index in [2.05, 4.69) is 32.9 Å². The average molecular weight is 946 g/mol. The van der Waals surface area contributed by atoms with E-state index in [9.17, 15) is 14.4 Å². The second-order valence-electron chi connectivity index (χ2n) is 20.6. The Balaban J connectivity index is 4.17. The first kappa shape index (κ1) is 65.1. The second-order valence-corrected chi connectivity index (χ2v) is 20.6. The molecule has 1 atom stereocenters. The van der Waals surface area contributed by atoms with Gasteiger partial charge in [-0.3, -0.25) is 14.4 Å². The molecule has 0 fully saturated rings. The quantitative estimate of drug-likeness (QED) is 0.0262. The molecule has 0 aromatic heterocycles. The molecule has 0 amide bonds. The summed E-state index contributed by atoms with van der Waals surface area (Å²) in [7, 11) is 0. The molecule has 0 bridgehead atoms. The Bertz CT molecular complexity index is 1040. The molecule has 396 valence electrons. The normalized spacial score (nSPS) is 12.0. The molecule has 0 N–H and O–H groups in total. The molecule has 6 nitrogen and oxygen atoms in total. The summed E-state index contributed by atoms with van der Waals surface area (Å²) in [5.74, 6) is -0.853. The molecule has 0 saturated heterocycles. The van der Waals surface area contributed by atoms with E-state index < -0.39 is 6.10 Å². The smallest absolute Gasteiger partial charge is 0.306 e. The first-order valence-electron chi connectivity index (χ1n) is 30.2. The number of carbonyl (C=O) groups is 3. The largest absolute Gasteiger partial charge is 0.462 e. The molecule has 0 saturated carbocycles. The van der Waals surface area contributed by atoms with Gasteiger partial charge < -0.3 is 14.2 Å². The summed E-state index contributed by atoms with van der Waals surface area (Å²) in [6.07, 6.45) is 65.1. The minimum Gasteiger partial charge on any atom is -0.462 e. The highest BCUT2D eigenvalue weighted by Gasteiger charge is 2.19. The highest BCUT2D eigenvalue weighted by molar-refractivity contribution is 5.71. The van der Waals surface area contributed by atoms with E-state index in [1.165, 1.54) is 238 Å². The lowest BCUT2D eigenvalue weighted by Crippen LogP contribution is -2.30. The van der Waals surface area contributed by atoms with Crippen LogP contribution in [0, 0.1) is 0 Å². The lowest BCUT2D eigenvalue weighted by molar-refractivity contribution is -0.167. The Morgan fingerprint density at radius 3 is 0.746 bits per heavy atom. The standard InChI is InChI=1S/C61H116O6/c1-4-7-10-13-16-19-22-24-26-27-28-29-30-31-32-33-34-35-37-39-42-45-48-51-54-60(63)66-57-58(56-65-59(62)53-50-47-44-41-38-21-18-15-12-9-6-3)67-61(64)55-52-49-46-43-40-36-25-23-20-17-14-11-8-5-2/h23,25,58H,4-22,24,26-57H2,1-3H3/b25-23-. The maximum atomic E-state index is 12.8. The Morgan fingerprint density at radius 2 is 0.493 bits per heavy atom. The molecule has 0 rings (SSSR count). The fraction of sp³-hybridized carbons (Fsp3) is 0.918. The third-order valence-electron chi connectivity index (χ3n) is 13.8. The molecule has 0 heterocycles. The van der Waals surface area contributed by atoms with Crippen LogP contribution in [0.3, 0.4) is 0 Å². The van der Waals surface area contributed by atoms with Gasteiger partial charge >= 0.3 is 17.9 Å². The Kier molecular flexibility index (Phi) is 55.2. The monoisotopic (exact) mass is 945 g/mol. The molecule has 0 radical (unpaired) electrons. The van der Waals surface area contributed by atoms with E-state index in [1.54, 1.807) is 0 Å². The van der Waals surface area contributed by atoms with Crippen molar-refractivity contribution in [1.82, 2.24) is 0 Å². The van der Waals surface area contributed by atoms with Gasteiger partial charge in [0.1, 0.15) is 13.2 Å². The van der Waals surface area contributed by atoms with Gasteiger partial charge in [0.05, 0.1) is 0 Å². The van der Waals surface area contributed by atoms with Crippen molar-refractivity contribution in [3.05, 3.63) is 12.2 Å². The molecule has 0 aliphatic heterocycles. The lowest BCUT2D eigenvalue weighted by atomic mass is 10.0. The highest BCUT2D eigenvalue weighted by Crippen LogP contribution is 2.18. The molecular weight excluding hydrogens is 829 g/mol. The summed E-state index contributed by atoms with van der Waals surface area (Å²) in [6, 6.07) is 0. The van der Waals surface area contributed by atoms with Gasteiger partial charge in [-0.2, -0.15) is 0 Å². The SMILES string of the molecule is CCCCCCC/C=C\CCCCCCCC(=O)OC(COC(=O)CCCCCCCCCCCCC)COC(=O)CCCCCCCCCCCCCCCCCCCCCCCCCC. The van der Waals surface area contributed by atoms with Crippen LogP contribution >= 0.6 is 0 Å². The Morgan fingerprint density at radius 1 is 0.284 bits per heavy atom. The van der Waals surface area contributed by atoms with Crippen LogP contribution in [0.25, 0.3) is 0 Å². The van der Waals surface area contributed by atoms with Crippen molar-refractivity contribution in [2.24, 2.45) is 0 Å². The number of rotatable bonds is 56. The number of esters is 3. The minimum atomic E-state index is -0.768. The molecule has 0 aliphatic carbocycles. The van der Waals surface area contributed by atoms with Crippen LogP contribution in [0.2, 0.25) is 0 Å². The topological polar surface area (TPSA) is 78.9 Å². The molecule has 0 spiro atoms. The van der Waals surface area contributed by atoms with Crippen molar-refractivity contribution in [3.8, 4) is 0 Å². The Labute approximate surface area is 418 Å². The first-order chi connectivity index (χ1) is 33.0. The first-order valence-corrected chi connectivity index (χ1v) is 30.2. The van der Waals surface area contributed by atoms with Crippen LogP contribution in [0.5, 0.6) is 0 Å². The summed E-state index contributed by atoms with van der Waals surface area (Å²) in [5, 5.41) is 0. The molecule has 1 unspecified atom stereocenters. The number of hydrogen-bond acceptors (Lipinski definition) is 6. The van der Waals surface area contributed by atoms with E-state index in [0.717, 1.165) is 64.2 Å². The minimum absolute atomic E-state index is 0.0675. The molecule has 0 aromatic carbocycles. The molecule has 0 aromatic rings. The fourth-order valence-corrected chi connectivity index (χ4v) is 9.21. The van der Waals surface area contributed by atoms with Crippen LogP contribution in [0.1, 0.15) is 342 Å². The summed E-state index contributed by atoms with van der Waals surface area (Å²) in [6.45, 7) is 6.67. The molecule has 0 aliphatic rings.